The summed E-state index contributed by atoms with van der Waals surface area (Å²) in [5.74, 6) is 0.769. The van der Waals surface area contributed by atoms with E-state index in [1.54, 1.807) is 0 Å². The Morgan fingerprint density at radius 1 is 1.24 bits per heavy atom. The fourth-order valence-corrected chi connectivity index (χ4v) is 3.86. The van der Waals surface area contributed by atoms with E-state index < -0.39 is 10.0 Å². The van der Waals surface area contributed by atoms with E-state index in [1.807, 2.05) is 30.3 Å². The largest absolute Gasteiger partial charge is 0.494 e. The molecule has 114 valence electrons. The van der Waals surface area contributed by atoms with Crippen molar-refractivity contribution in [3.8, 4) is 5.75 Å². The fraction of sp³-hybridized carbons (Fsp3) is 0.286. The van der Waals surface area contributed by atoms with Crippen LogP contribution < -0.4 is 9.46 Å². The van der Waals surface area contributed by atoms with Crippen LogP contribution in [0, 0.1) is 0 Å². The zero-order valence-electron chi connectivity index (χ0n) is 11.4. The van der Waals surface area contributed by atoms with Crippen molar-refractivity contribution in [2.75, 3.05) is 13.2 Å². The zero-order valence-corrected chi connectivity index (χ0v) is 13.0. The monoisotopic (exact) mass is 327 g/mol. The molecule has 0 bridgehead atoms. The number of thiophene rings is 1. The second-order valence-electron chi connectivity index (χ2n) is 4.32. The van der Waals surface area contributed by atoms with Crippen molar-refractivity contribution in [3.05, 3.63) is 46.7 Å². The van der Waals surface area contributed by atoms with Crippen LogP contribution in [0.1, 0.15) is 11.3 Å². The highest BCUT2D eigenvalue weighted by atomic mass is 32.2. The van der Waals surface area contributed by atoms with Crippen LogP contribution in [0.15, 0.2) is 46.7 Å². The molecule has 0 radical (unpaired) electrons. The maximum Gasteiger partial charge on any atom is 0.241 e. The molecular formula is C14H17NO4S2. The first kappa shape index (κ1) is 16.0. The summed E-state index contributed by atoms with van der Waals surface area (Å²) >= 11 is 1.22. The molecule has 1 aromatic carbocycles. The summed E-state index contributed by atoms with van der Waals surface area (Å²) in [5.41, 5.74) is 0. The highest BCUT2D eigenvalue weighted by Crippen LogP contribution is 2.18. The Bertz CT molecular complexity index is 653. The van der Waals surface area contributed by atoms with Crippen LogP contribution in [0.5, 0.6) is 5.75 Å². The van der Waals surface area contributed by atoms with Crippen molar-refractivity contribution in [3.63, 3.8) is 0 Å². The maximum absolute atomic E-state index is 12.0. The Labute approximate surface area is 128 Å². The summed E-state index contributed by atoms with van der Waals surface area (Å²) in [6, 6.07) is 10.9. The van der Waals surface area contributed by atoms with E-state index in [2.05, 4.69) is 4.72 Å². The first-order valence-corrected chi connectivity index (χ1v) is 8.84. The van der Waals surface area contributed by atoms with E-state index in [0.717, 1.165) is 5.75 Å². The van der Waals surface area contributed by atoms with Crippen molar-refractivity contribution < 1.29 is 18.3 Å². The van der Waals surface area contributed by atoms with Gasteiger partial charge in [0, 0.05) is 16.8 Å². The molecule has 0 aliphatic carbocycles. The molecule has 5 nitrogen and oxygen atoms in total. The number of ether oxygens (including phenoxy) is 1. The molecule has 1 heterocycles. The van der Waals surface area contributed by atoms with E-state index in [1.165, 1.54) is 22.8 Å². The van der Waals surface area contributed by atoms with Crippen molar-refractivity contribution in [1.29, 1.82) is 0 Å². The Kier molecular flexibility index (Phi) is 5.75. The molecule has 0 unspecified atom stereocenters. The second-order valence-corrected chi connectivity index (χ2v) is 7.08. The quantitative estimate of drug-likeness (QED) is 0.727. The van der Waals surface area contributed by atoms with E-state index >= 15 is 0 Å². The molecule has 0 amide bonds. The summed E-state index contributed by atoms with van der Waals surface area (Å²) in [7, 11) is -3.50. The molecule has 2 N–H and O–H groups in total. The van der Waals surface area contributed by atoms with Crippen molar-refractivity contribution in [2.45, 2.75) is 17.9 Å². The van der Waals surface area contributed by atoms with Gasteiger partial charge in [0.05, 0.1) is 18.1 Å². The second kappa shape index (κ2) is 7.56. The third kappa shape index (κ3) is 4.82. The van der Waals surface area contributed by atoms with Gasteiger partial charge in [-0.3, -0.25) is 0 Å². The molecule has 0 saturated heterocycles. The number of aliphatic hydroxyl groups excluding tert-OH is 1. The fourth-order valence-electron chi connectivity index (χ4n) is 1.65. The number of aliphatic hydroxyl groups is 1. The van der Waals surface area contributed by atoms with Gasteiger partial charge in [0.1, 0.15) is 5.75 Å². The lowest BCUT2D eigenvalue weighted by Crippen LogP contribution is -2.25. The Hall–Kier alpha value is -1.41. The van der Waals surface area contributed by atoms with Crippen molar-refractivity contribution in [1.82, 2.24) is 4.72 Å². The normalized spacial score (nSPS) is 11.5. The van der Waals surface area contributed by atoms with Gasteiger partial charge >= 0.3 is 0 Å². The predicted octanol–water partition coefficient (Wildman–Crippen LogP) is 1.99. The molecular weight excluding hydrogens is 310 g/mol. The van der Waals surface area contributed by atoms with Gasteiger partial charge in [0.15, 0.2) is 0 Å². The van der Waals surface area contributed by atoms with E-state index in [9.17, 15) is 8.42 Å². The van der Waals surface area contributed by atoms with Crippen LogP contribution >= 0.6 is 11.3 Å². The van der Waals surface area contributed by atoms with Gasteiger partial charge in [-0.1, -0.05) is 18.2 Å². The third-order valence-corrected chi connectivity index (χ3v) is 5.23. The molecule has 0 aliphatic rings. The summed E-state index contributed by atoms with van der Waals surface area (Å²) in [6.07, 6.45) is 0.575. The van der Waals surface area contributed by atoms with Gasteiger partial charge in [-0.2, -0.15) is 0 Å². The first-order valence-electron chi connectivity index (χ1n) is 6.47. The van der Waals surface area contributed by atoms with Gasteiger partial charge in [-0.25, -0.2) is 13.1 Å². The molecule has 21 heavy (non-hydrogen) atoms. The lowest BCUT2D eigenvalue weighted by Gasteiger charge is -2.07. The highest BCUT2D eigenvalue weighted by molar-refractivity contribution is 7.89. The highest BCUT2D eigenvalue weighted by Gasteiger charge is 2.15. The number of para-hydroxylation sites is 1. The van der Waals surface area contributed by atoms with Crippen LogP contribution in [-0.4, -0.2) is 26.7 Å². The molecule has 0 fully saturated rings. The number of benzene rings is 1. The summed E-state index contributed by atoms with van der Waals surface area (Å²) in [6.45, 7) is 0.600. The molecule has 7 heteroatoms. The van der Waals surface area contributed by atoms with Gasteiger partial charge in [0.2, 0.25) is 10.0 Å². The molecule has 0 spiro atoms. The predicted molar refractivity (Wildman–Crippen MR) is 82.0 cm³/mol. The Balaban J connectivity index is 1.75. The lowest BCUT2D eigenvalue weighted by molar-refractivity contribution is 0.285. The Morgan fingerprint density at radius 2 is 2.00 bits per heavy atom. The minimum atomic E-state index is -3.50. The van der Waals surface area contributed by atoms with Crippen molar-refractivity contribution >= 4 is 21.4 Å². The lowest BCUT2D eigenvalue weighted by atomic mass is 10.3. The van der Waals surface area contributed by atoms with Gasteiger partial charge in [-0.15, -0.1) is 11.3 Å². The van der Waals surface area contributed by atoms with Crippen LogP contribution in [0.2, 0.25) is 0 Å². The van der Waals surface area contributed by atoms with Crippen LogP contribution in [0.25, 0.3) is 0 Å². The minimum absolute atomic E-state index is 0.148. The number of nitrogens with one attached hydrogen (secondary N) is 1. The van der Waals surface area contributed by atoms with E-state index in [0.29, 0.717) is 24.4 Å². The Morgan fingerprint density at radius 3 is 2.67 bits per heavy atom. The standard InChI is InChI=1S/C14H17NO4S2/c16-10-13-9-14(11-20-13)21(17,18)15-7-4-8-19-12-5-2-1-3-6-12/h1-3,5-6,9,11,15-16H,4,7-8,10H2. The molecule has 2 rings (SSSR count). The average molecular weight is 327 g/mol. The van der Waals surface area contributed by atoms with E-state index in [4.69, 9.17) is 9.84 Å². The molecule has 0 atom stereocenters. The number of sulfonamides is 1. The molecule has 0 saturated carbocycles. The van der Waals surface area contributed by atoms with Gasteiger partial charge in [-0.05, 0) is 24.6 Å². The SMILES string of the molecule is O=S(=O)(NCCCOc1ccccc1)c1csc(CO)c1. The number of hydrogen-bond acceptors (Lipinski definition) is 5. The smallest absolute Gasteiger partial charge is 0.241 e. The summed E-state index contributed by atoms with van der Waals surface area (Å²) in [5, 5.41) is 10.5. The van der Waals surface area contributed by atoms with Crippen LogP contribution in [0.3, 0.4) is 0 Å². The maximum atomic E-state index is 12.0. The molecule has 1 aromatic heterocycles. The first-order chi connectivity index (χ1) is 10.1. The van der Waals surface area contributed by atoms with Crippen molar-refractivity contribution in [2.24, 2.45) is 0 Å². The molecule has 0 aliphatic heterocycles. The zero-order chi connectivity index (χ0) is 15.1. The summed E-state index contributed by atoms with van der Waals surface area (Å²) < 4.78 is 31.9. The minimum Gasteiger partial charge on any atom is -0.494 e. The van der Waals surface area contributed by atoms with Gasteiger partial charge in [0.25, 0.3) is 0 Å². The van der Waals surface area contributed by atoms with E-state index in [-0.39, 0.29) is 11.5 Å². The topological polar surface area (TPSA) is 75.6 Å². The number of hydrogen-bond donors (Lipinski definition) is 2. The average Bonchev–Trinajstić information content (AvgIpc) is 2.98. The number of rotatable bonds is 8. The van der Waals surface area contributed by atoms with Gasteiger partial charge < -0.3 is 9.84 Å². The molecule has 2 aromatic rings. The van der Waals surface area contributed by atoms with Crippen LogP contribution in [0.4, 0.5) is 0 Å². The summed E-state index contributed by atoms with van der Waals surface area (Å²) in [4.78, 5) is 0.823. The van der Waals surface area contributed by atoms with Crippen LogP contribution in [-0.2, 0) is 16.6 Å². The third-order valence-electron chi connectivity index (χ3n) is 2.72.